The largest absolute Gasteiger partial charge is 0.324 e. The van der Waals surface area contributed by atoms with Gasteiger partial charge in [0.25, 0.3) is 0 Å². The molecule has 0 spiro atoms. The quantitative estimate of drug-likeness (QED) is 0.938. The molecular formula is C13H12BrClN2. The number of rotatable bonds is 3. The Morgan fingerprint density at radius 1 is 1.24 bits per heavy atom. The van der Waals surface area contributed by atoms with Crippen LogP contribution in [0.4, 0.5) is 0 Å². The summed E-state index contributed by atoms with van der Waals surface area (Å²) in [6.45, 7) is 0. The van der Waals surface area contributed by atoms with Crippen LogP contribution < -0.4 is 5.73 Å². The lowest BCUT2D eigenvalue weighted by Gasteiger charge is -2.14. The number of pyridine rings is 1. The van der Waals surface area contributed by atoms with E-state index < -0.39 is 0 Å². The zero-order valence-corrected chi connectivity index (χ0v) is 11.4. The number of halogens is 2. The summed E-state index contributed by atoms with van der Waals surface area (Å²) in [4.78, 5) is 4.26. The predicted molar refractivity (Wildman–Crippen MR) is 74.0 cm³/mol. The van der Waals surface area contributed by atoms with Crippen molar-refractivity contribution in [1.29, 1.82) is 0 Å². The SMILES string of the molecule is NC(Cc1ccccn1)c1cccc(Br)c1Cl. The lowest BCUT2D eigenvalue weighted by atomic mass is 10.0. The first kappa shape index (κ1) is 12.6. The van der Waals surface area contributed by atoms with Crippen molar-refractivity contribution in [2.24, 2.45) is 5.73 Å². The Kier molecular flexibility index (Phi) is 4.15. The van der Waals surface area contributed by atoms with E-state index in [0.717, 1.165) is 15.7 Å². The molecule has 4 heteroatoms. The van der Waals surface area contributed by atoms with Crippen molar-refractivity contribution in [2.75, 3.05) is 0 Å². The van der Waals surface area contributed by atoms with E-state index in [1.54, 1.807) is 6.20 Å². The third-order valence-corrected chi connectivity index (χ3v) is 3.85. The molecular weight excluding hydrogens is 300 g/mol. The van der Waals surface area contributed by atoms with Crippen molar-refractivity contribution >= 4 is 27.5 Å². The predicted octanol–water partition coefficient (Wildman–Crippen LogP) is 3.74. The highest BCUT2D eigenvalue weighted by atomic mass is 79.9. The molecule has 1 atom stereocenters. The number of aromatic nitrogens is 1. The lowest BCUT2D eigenvalue weighted by molar-refractivity contribution is 0.706. The maximum Gasteiger partial charge on any atom is 0.0595 e. The van der Waals surface area contributed by atoms with Gasteiger partial charge in [0.05, 0.1) is 5.02 Å². The van der Waals surface area contributed by atoms with Crippen LogP contribution in [-0.4, -0.2) is 4.98 Å². The van der Waals surface area contributed by atoms with Crippen LogP contribution >= 0.6 is 27.5 Å². The maximum atomic E-state index is 6.21. The number of hydrogen-bond acceptors (Lipinski definition) is 2. The van der Waals surface area contributed by atoms with Crippen LogP contribution in [0.1, 0.15) is 17.3 Å². The molecule has 0 fully saturated rings. The van der Waals surface area contributed by atoms with Crippen LogP contribution in [0.25, 0.3) is 0 Å². The van der Waals surface area contributed by atoms with Crippen molar-refractivity contribution in [1.82, 2.24) is 4.98 Å². The molecule has 0 aliphatic rings. The summed E-state index contributed by atoms with van der Waals surface area (Å²) in [5, 5.41) is 0.677. The van der Waals surface area contributed by atoms with E-state index >= 15 is 0 Å². The van der Waals surface area contributed by atoms with Crippen molar-refractivity contribution in [3.8, 4) is 0 Å². The zero-order valence-electron chi connectivity index (χ0n) is 9.11. The summed E-state index contributed by atoms with van der Waals surface area (Å²) in [5.74, 6) is 0. The Morgan fingerprint density at radius 2 is 2.06 bits per heavy atom. The van der Waals surface area contributed by atoms with Gasteiger partial charge in [-0.1, -0.05) is 29.8 Å². The molecule has 2 N–H and O–H groups in total. The van der Waals surface area contributed by atoms with Gasteiger partial charge >= 0.3 is 0 Å². The number of nitrogens with two attached hydrogens (primary N) is 1. The summed E-state index contributed by atoms with van der Waals surface area (Å²) in [7, 11) is 0. The molecule has 1 heterocycles. The molecule has 88 valence electrons. The van der Waals surface area contributed by atoms with Gasteiger partial charge in [-0.15, -0.1) is 0 Å². The van der Waals surface area contributed by atoms with Crippen molar-refractivity contribution in [3.05, 3.63) is 63.3 Å². The van der Waals surface area contributed by atoms with E-state index in [2.05, 4.69) is 20.9 Å². The van der Waals surface area contributed by atoms with E-state index in [-0.39, 0.29) is 6.04 Å². The highest BCUT2D eigenvalue weighted by Crippen LogP contribution is 2.30. The van der Waals surface area contributed by atoms with Gasteiger partial charge in [0.1, 0.15) is 0 Å². The first-order chi connectivity index (χ1) is 8.18. The van der Waals surface area contributed by atoms with Crippen molar-refractivity contribution in [2.45, 2.75) is 12.5 Å². The first-order valence-corrected chi connectivity index (χ1v) is 6.45. The van der Waals surface area contributed by atoms with E-state index in [4.69, 9.17) is 17.3 Å². The average Bonchev–Trinajstić information content (AvgIpc) is 2.34. The standard InChI is InChI=1S/C13H12BrClN2/c14-11-6-3-5-10(13(11)15)12(16)8-9-4-1-2-7-17-9/h1-7,12H,8,16H2. The van der Waals surface area contributed by atoms with E-state index in [1.165, 1.54) is 0 Å². The Hall–Kier alpha value is -0.900. The minimum Gasteiger partial charge on any atom is -0.324 e. The summed E-state index contributed by atoms with van der Waals surface area (Å²) >= 11 is 9.60. The highest BCUT2D eigenvalue weighted by Gasteiger charge is 2.12. The summed E-state index contributed by atoms with van der Waals surface area (Å²) < 4.78 is 0.869. The molecule has 0 aliphatic heterocycles. The van der Waals surface area contributed by atoms with E-state index in [9.17, 15) is 0 Å². The second-order valence-corrected chi connectivity index (χ2v) is 5.01. The molecule has 2 aromatic rings. The highest BCUT2D eigenvalue weighted by molar-refractivity contribution is 9.10. The third kappa shape index (κ3) is 3.06. The fourth-order valence-corrected chi connectivity index (χ4v) is 2.31. The first-order valence-electron chi connectivity index (χ1n) is 5.28. The Balaban J connectivity index is 2.20. The van der Waals surface area contributed by atoms with E-state index in [1.807, 2.05) is 36.4 Å². The summed E-state index contributed by atoms with van der Waals surface area (Å²) in [5.41, 5.74) is 8.06. The normalized spacial score (nSPS) is 12.4. The smallest absolute Gasteiger partial charge is 0.0595 e. The van der Waals surface area contributed by atoms with Crippen LogP contribution in [0.2, 0.25) is 5.02 Å². The number of nitrogens with zero attached hydrogens (tertiary/aromatic N) is 1. The molecule has 0 radical (unpaired) electrons. The minimum atomic E-state index is -0.144. The number of hydrogen-bond donors (Lipinski definition) is 1. The van der Waals surface area contributed by atoms with E-state index in [0.29, 0.717) is 11.4 Å². The van der Waals surface area contributed by atoms with Crippen molar-refractivity contribution in [3.63, 3.8) is 0 Å². The fraction of sp³-hybridized carbons (Fsp3) is 0.154. The fourth-order valence-electron chi connectivity index (χ4n) is 1.66. The van der Waals surface area contributed by atoms with Gasteiger partial charge in [-0.2, -0.15) is 0 Å². The second-order valence-electron chi connectivity index (χ2n) is 3.77. The molecule has 17 heavy (non-hydrogen) atoms. The topological polar surface area (TPSA) is 38.9 Å². The molecule has 1 aromatic heterocycles. The van der Waals surface area contributed by atoms with Gasteiger partial charge in [-0.05, 0) is 39.7 Å². The van der Waals surface area contributed by atoms with Gasteiger partial charge in [0.15, 0.2) is 0 Å². The molecule has 0 amide bonds. The monoisotopic (exact) mass is 310 g/mol. The number of benzene rings is 1. The van der Waals surface area contributed by atoms with Gasteiger partial charge in [0, 0.05) is 28.8 Å². The Bertz CT molecular complexity index is 502. The molecule has 2 nitrogen and oxygen atoms in total. The zero-order chi connectivity index (χ0) is 12.3. The minimum absolute atomic E-state index is 0.144. The molecule has 0 aliphatic carbocycles. The van der Waals surface area contributed by atoms with Crippen LogP contribution in [0.5, 0.6) is 0 Å². The average molecular weight is 312 g/mol. The van der Waals surface area contributed by atoms with Crippen LogP contribution in [0.15, 0.2) is 47.1 Å². The molecule has 1 aromatic carbocycles. The van der Waals surface area contributed by atoms with Crippen LogP contribution in [-0.2, 0) is 6.42 Å². The van der Waals surface area contributed by atoms with Crippen molar-refractivity contribution < 1.29 is 0 Å². The molecule has 0 saturated carbocycles. The van der Waals surface area contributed by atoms with Crippen LogP contribution in [0, 0.1) is 0 Å². The summed E-state index contributed by atoms with van der Waals surface area (Å²) in [6, 6.07) is 11.4. The molecule has 0 saturated heterocycles. The van der Waals surface area contributed by atoms with Gasteiger partial charge < -0.3 is 5.73 Å². The maximum absolute atomic E-state index is 6.21. The Labute approximate surface area is 114 Å². The van der Waals surface area contributed by atoms with Gasteiger partial charge in [0.2, 0.25) is 0 Å². The molecule has 1 unspecified atom stereocenters. The van der Waals surface area contributed by atoms with Gasteiger partial charge in [-0.3, -0.25) is 4.98 Å². The summed E-state index contributed by atoms with van der Waals surface area (Å²) in [6.07, 6.45) is 2.45. The van der Waals surface area contributed by atoms with Crippen LogP contribution in [0.3, 0.4) is 0 Å². The second kappa shape index (κ2) is 5.63. The Morgan fingerprint density at radius 3 is 2.76 bits per heavy atom. The molecule has 0 bridgehead atoms. The van der Waals surface area contributed by atoms with Gasteiger partial charge in [-0.25, -0.2) is 0 Å². The molecule has 2 rings (SSSR count). The lowest BCUT2D eigenvalue weighted by Crippen LogP contribution is -2.14. The third-order valence-electron chi connectivity index (χ3n) is 2.54.